The van der Waals surface area contributed by atoms with E-state index in [1.54, 1.807) is 31.3 Å². The number of benzene rings is 1. The van der Waals surface area contributed by atoms with Crippen LogP contribution in [0.3, 0.4) is 0 Å². The van der Waals surface area contributed by atoms with Crippen LogP contribution in [0.5, 0.6) is 5.75 Å². The summed E-state index contributed by atoms with van der Waals surface area (Å²) in [6.07, 6.45) is 4.66. The van der Waals surface area contributed by atoms with E-state index in [-0.39, 0.29) is 24.4 Å². The number of carbonyl (C=O) groups is 1. The molecule has 0 radical (unpaired) electrons. The fraction of sp³-hybridized carbons (Fsp3) is 0.444. The molecule has 26 heavy (non-hydrogen) atoms. The van der Waals surface area contributed by atoms with Crippen molar-refractivity contribution in [3.05, 3.63) is 48.0 Å². The highest BCUT2D eigenvalue weighted by Gasteiger charge is 2.18. The first-order chi connectivity index (χ1) is 12.5. The average Bonchev–Trinajstić information content (AvgIpc) is 3.31. The Hall–Kier alpha value is -2.48. The molecule has 1 atom stereocenters. The third-order valence-corrected chi connectivity index (χ3v) is 4.25. The maximum absolute atomic E-state index is 12.9. The number of hydrogen-bond donors (Lipinski definition) is 0. The molecule has 1 saturated heterocycles. The zero-order valence-electron chi connectivity index (χ0n) is 14.5. The van der Waals surface area contributed by atoms with Crippen molar-refractivity contribution in [3.63, 3.8) is 0 Å². The highest BCUT2D eigenvalue weighted by Crippen LogP contribution is 2.18. The molecule has 0 bridgehead atoms. The normalized spacial score (nSPS) is 16.8. The predicted octanol–water partition coefficient (Wildman–Crippen LogP) is 3.11. The first-order valence-corrected chi connectivity index (χ1v) is 8.44. The topological polar surface area (TPSA) is 56.6 Å². The fourth-order valence-electron chi connectivity index (χ4n) is 2.81. The van der Waals surface area contributed by atoms with Gasteiger partial charge in [-0.3, -0.25) is 9.36 Å². The Morgan fingerprint density at radius 1 is 1.42 bits per heavy atom. The molecule has 1 fully saturated rings. The number of imidazole rings is 1. The molecule has 0 spiro atoms. The Kier molecular flexibility index (Phi) is 5.82. The molecule has 0 saturated carbocycles. The average molecular weight is 365 g/mol. The molecule has 1 aliphatic rings. The summed E-state index contributed by atoms with van der Waals surface area (Å²) in [5.41, 5.74) is 0.451. The van der Waals surface area contributed by atoms with E-state index in [0.717, 1.165) is 24.0 Å². The lowest BCUT2D eigenvalue weighted by Crippen LogP contribution is -2.27. The third-order valence-electron chi connectivity index (χ3n) is 4.25. The SMILES string of the molecule is CN(Cc1nccn1C(F)F)C(=O)c1ccc(OCC2CCCO2)cc1. The number of aromatic nitrogens is 2. The second-order valence-electron chi connectivity index (χ2n) is 6.16. The summed E-state index contributed by atoms with van der Waals surface area (Å²) in [5, 5.41) is 0. The van der Waals surface area contributed by atoms with Crippen LogP contribution in [0.25, 0.3) is 0 Å². The van der Waals surface area contributed by atoms with Crippen molar-refractivity contribution < 1.29 is 23.0 Å². The van der Waals surface area contributed by atoms with E-state index in [2.05, 4.69) is 4.98 Å². The van der Waals surface area contributed by atoms with Gasteiger partial charge in [-0.15, -0.1) is 0 Å². The van der Waals surface area contributed by atoms with Crippen LogP contribution in [-0.2, 0) is 11.3 Å². The van der Waals surface area contributed by atoms with Crippen molar-refractivity contribution in [1.29, 1.82) is 0 Å². The minimum Gasteiger partial charge on any atom is -0.491 e. The van der Waals surface area contributed by atoms with Crippen molar-refractivity contribution >= 4 is 5.91 Å². The van der Waals surface area contributed by atoms with Crippen LogP contribution in [0.2, 0.25) is 0 Å². The van der Waals surface area contributed by atoms with Gasteiger partial charge in [0.25, 0.3) is 5.91 Å². The lowest BCUT2D eigenvalue weighted by Gasteiger charge is -2.18. The van der Waals surface area contributed by atoms with E-state index >= 15 is 0 Å². The highest BCUT2D eigenvalue weighted by atomic mass is 19.3. The Balaban J connectivity index is 1.57. The number of halogens is 2. The van der Waals surface area contributed by atoms with Crippen molar-refractivity contribution in [2.24, 2.45) is 0 Å². The summed E-state index contributed by atoms with van der Waals surface area (Å²) in [5.74, 6) is 0.514. The van der Waals surface area contributed by atoms with E-state index in [4.69, 9.17) is 9.47 Å². The van der Waals surface area contributed by atoms with Gasteiger partial charge in [0.05, 0.1) is 12.6 Å². The van der Waals surface area contributed by atoms with E-state index in [9.17, 15) is 13.6 Å². The van der Waals surface area contributed by atoms with Crippen LogP contribution in [0, 0.1) is 0 Å². The van der Waals surface area contributed by atoms with Crippen molar-refractivity contribution in [1.82, 2.24) is 14.5 Å². The standard InChI is InChI=1S/C18H21F2N3O3/c1-22(11-16-21-8-9-23(16)18(19)20)17(24)13-4-6-14(7-5-13)26-12-15-3-2-10-25-15/h4-9,15,18H,2-3,10-12H2,1H3. The minimum absolute atomic E-state index is 0.00650. The zero-order chi connectivity index (χ0) is 18.5. The van der Waals surface area contributed by atoms with E-state index in [0.29, 0.717) is 17.9 Å². The molecule has 1 aromatic carbocycles. The zero-order valence-corrected chi connectivity index (χ0v) is 14.5. The Morgan fingerprint density at radius 3 is 2.85 bits per heavy atom. The molecule has 6 nitrogen and oxygen atoms in total. The summed E-state index contributed by atoms with van der Waals surface area (Å²) >= 11 is 0. The Bertz CT molecular complexity index is 728. The van der Waals surface area contributed by atoms with Crippen molar-refractivity contribution in [3.8, 4) is 5.75 Å². The first-order valence-electron chi connectivity index (χ1n) is 8.44. The Morgan fingerprint density at radius 2 is 2.19 bits per heavy atom. The van der Waals surface area contributed by atoms with Gasteiger partial charge in [-0.2, -0.15) is 8.78 Å². The van der Waals surface area contributed by atoms with Crippen molar-refractivity contribution in [2.75, 3.05) is 20.3 Å². The second kappa shape index (κ2) is 8.27. The van der Waals surface area contributed by atoms with Gasteiger partial charge in [-0.1, -0.05) is 0 Å². The van der Waals surface area contributed by atoms with Gasteiger partial charge in [0, 0.05) is 31.6 Å². The molecule has 2 aromatic rings. The van der Waals surface area contributed by atoms with Gasteiger partial charge in [-0.25, -0.2) is 4.98 Å². The number of rotatable bonds is 7. The van der Waals surface area contributed by atoms with Gasteiger partial charge in [0.15, 0.2) is 0 Å². The number of nitrogens with zero attached hydrogens (tertiary/aromatic N) is 3. The summed E-state index contributed by atoms with van der Waals surface area (Å²) < 4.78 is 37.6. The molecule has 1 amide bonds. The lowest BCUT2D eigenvalue weighted by atomic mass is 10.2. The van der Waals surface area contributed by atoms with E-state index < -0.39 is 6.55 Å². The molecule has 1 unspecified atom stereocenters. The van der Waals surface area contributed by atoms with Crippen molar-refractivity contribution in [2.45, 2.75) is 32.0 Å². The second-order valence-corrected chi connectivity index (χ2v) is 6.16. The molecule has 3 rings (SSSR count). The number of carbonyl (C=O) groups excluding carboxylic acids is 1. The Labute approximate surface area is 150 Å². The first kappa shape index (κ1) is 18.3. The molecule has 1 aromatic heterocycles. The summed E-state index contributed by atoms with van der Waals surface area (Å²) in [6.45, 7) is -1.43. The molecular weight excluding hydrogens is 344 g/mol. The number of amides is 1. The van der Waals surface area contributed by atoms with Gasteiger partial charge in [0.2, 0.25) is 0 Å². The van der Waals surface area contributed by atoms with Crippen LogP contribution in [-0.4, -0.2) is 46.7 Å². The van der Waals surface area contributed by atoms with Gasteiger partial charge >= 0.3 is 6.55 Å². The summed E-state index contributed by atoms with van der Waals surface area (Å²) in [6, 6.07) is 6.75. The number of ether oxygens (including phenoxy) is 2. The van der Waals surface area contributed by atoms with E-state index in [1.165, 1.54) is 17.3 Å². The van der Waals surface area contributed by atoms with Crippen LogP contribution in [0.4, 0.5) is 8.78 Å². The van der Waals surface area contributed by atoms with Crippen LogP contribution in [0.15, 0.2) is 36.7 Å². The van der Waals surface area contributed by atoms with Crippen LogP contribution in [0.1, 0.15) is 35.6 Å². The molecule has 140 valence electrons. The summed E-state index contributed by atoms with van der Waals surface area (Å²) in [4.78, 5) is 17.7. The lowest BCUT2D eigenvalue weighted by molar-refractivity contribution is 0.0612. The highest BCUT2D eigenvalue weighted by molar-refractivity contribution is 5.94. The quantitative estimate of drug-likeness (QED) is 0.757. The smallest absolute Gasteiger partial charge is 0.319 e. The molecular formula is C18H21F2N3O3. The molecule has 2 heterocycles. The molecule has 8 heteroatoms. The number of hydrogen-bond acceptors (Lipinski definition) is 4. The summed E-state index contributed by atoms with van der Waals surface area (Å²) in [7, 11) is 1.55. The predicted molar refractivity (Wildman–Crippen MR) is 90.2 cm³/mol. The molecule has 0 N–H and O–H groups in total. The number of alkyl halides is 2. The molecule has 0 aliphatic carbocycles. The van der Waals surface area contributed by atoms with E-state index in [1.807, 2.05) is 0 Å². The largest absolute Gasteiger partial charge is 0.491 e. The molecule has 1 aliphatic heterocycles. The van der Waals surface area contributed by atoms with Crippen LogP contribution >= 0.6 is 0 Å². The van der Waals surface area contributed by atoms with Gasteiger partial charge in [-0.05, 0) is 37.1 Å². The maximum Gasteiger partial charge on any atom is 0.319 e. The fourth-order valence-corrected chi connectivity index (χ4v) is 2.81. The van der Waals surface area contributed by atoms with Gasteiger partial charge in [0.1, 0.15) is 18.2 Å². The monoisotopic (exact) mass is 365 g/mol. The van der Waals surface area contributed by atoms with Crippen LogP contribution < -0.4 is 4.74 Å². The maximum atomic E-state index is 12.9. The van der Waals surface area contributed by atoms with Gasteiger partial charge < -0.3 is 14.4 Å². The third kappa shape index (κ3) is 4.37. The minimum atomic E-state index is -2.68.